The van der Waals surface area contributed by atoms with Crippen LogP contribution in [-0.2, 0) is 6.61 Å². The smallest absolute Gasteiger partial charge is 0.231 e. The molecule has 5 nitrogen and oxygen atoms in total. The van der Waals surface area contributed by atoms with Gasteiger partial charge in [-0.25, -0.2) is 0 Å². The number of hydrogen-bond acceptors (Lipinski definition) is 5. The first kappa shape index (κ1) is 10.2. The Morgan fingerprint density at radius 2 is 2.12 bits per heavy atom. The van der Waals surface area contributed by atoms with E-state index in [-0.39, 0.29) is 13.4 Å². The summed E-state index contributed by atoms with van der Waals surface area (Å²) in [5, 5.41) is 13.1. The summed E-state index contributed by atoms with van der Waals surface area (Å²) in [6.07, 6.45) is 0. The van der Waals surface area contributed by atoms with Crippen LogP contribution in [0.1, 0.15) is 11.3 Å². The molecular formula is C12H11NO4. The molecular weight excluding hydrogens is 222 g/mol. The lowest BCUT2D eigenvalue weighted by Gasteiger charge is -2.01. The predicted octanol–water partition coefficient (Wildman–Crippen LogP) is 1.87. The third-order valence-corrected chi connectivity index (χ3v) is 2.78. The van der Waals surface area contributed by atoms with Gasteiger partial charge in [-0.2, -0.15) is 0 Å². The molecule has 0 saturated heterocycles. The fourth-order valence-corrected chi connectivity index (χ4v) is 1.84. The van der Waals surface area contributed by atoms with Crippen LogP contribution in [-0.4, -0.2) is 17.1 Å². The third kappa shape index (κ3) is 1.55. The molecule has 0 spiro atoms. The first-order valence-electron chi connectivity index (χ1n) is 5.25. The lowest BCUT2D eigenvalue weighted by atomic mass is 10.1. The van der Waals surface area contributed by atoms with Gasteiger partial charge in [-0.05, 0) is 25.1 Å². The molecule has 0 aliphatic carbocycles. The van der Waals surface area contributed by atoms with Crippen molar-refractivity contribution in [2.45, 2.75) is 13.5 Å². The fourth-order valence-electron chi connectivity index (χ4n) is 1.84. The molecule has 0 radical (unpaired) electrons. The Morgan fingerprint density at radius 3 is 2.94 bits per heavy atom. The highest BCUT2D eigenvalue weighted by atomic mass is 16.7. The van der Waals surface area contributed by atoms with Gasteiger partial charge in [0.15, 0.2) is 17.3 Å². The Kier molecular flexibility index (Phi) is 2.26. The second-order valence-electron chi connectivity index (χ2n) is 3.80. The van der Waals surface area contributed by atoms with Gasteiger partial charge in [-0.15, -0.1) is 0 Å². The van der Waals surface area contributed by atoms with Crippen molar-refractivity contribution < 1.29 is 19.1 Å². The van der Waals surface area contributed by atoms with Crippen molar-refractivity contribution in [3.8, 4) is 22.8 Å². The molecule has 0 bridgehead atoms. The Bertz CT molecular complexity index is 562. The minimum Gasteiger partial charge on any atom is -0.454 e. The van der Waals surface area contributed by atoms with Gasteiger partial charge < -0.3 is 19.1 Å². The minimum absolute atomic E-state index is 0.0981. The summed E-state index contributed by atoms with van der Waals surface area (Å²) in [5.74, 6) is 1.97. The molecule has 0 unspecified atom stereocenters. The first-order valence-corrected chi connectivity index (χ1v) is 5.25. The standard InChI is InChI=1S/C12H11NO4/c1-7-9(5-14)12(17-13-7)8-2-3-10-11(4-8)16-6-15-10/h2-4,14H,5-6H2,1H3. The molecule has 1 aromatic carbocycles. The highest BCUT2D eigenvalue weighted by Gasteiger charge is 2.18. The van der Waals surface area contributed by atoms with Crippen molar-refractivity contribution in [1.29, 1.82) is 0 Å². The predicted molar refractivity (Wildman–Crippen MR) is 58.7 cm³/mol. The molecule has 0 amide bonds. The molecule has 5 heteroatoms. The van der Waals surface area contributed by atoms with Crippen LogP contribution in [0.5, 0.6) is 11.5 Å². The average Bonchev–Trinajstić information content (AvgIpc) is 2.93. The van der Waals surface area contributed by atoms with Gasteiger partial charge in [-0.1, -0.05) is 5.16 Å². The van der Waals surface area contributed by atoms with Gasteiger partial charge in [-0.3, -0.25) is 0 Å². The summed E-state index contributed by atoms with van der Waals surface area (Å²) < 4.78 is 15.8. The van der Waals surface area contributed by atoms with E-state index in [1.54, 1.807) is 6.92 Å². The Balaban J connectivity index is 2.09. The molecule has 0 saturated carbocycles. The lowest BCUT2D eigenvalue weighted by molar-refractivity contribution is 0.174. The van der Waals surface area contributed by atoms with Crippen molar-refractivity contribution in [3.63, 3.8) is 0 Å². The molecule has 17 heavy (non-hydrogen) atoms. The summed E-state index contributed by atoms with van der Waals surface area (Å²) in [6, 6.07) is 5.49. The maximum atomic E-state index is 9.29. The summed E-state index contributed by atoms with van der Waals surface area (Å²) in [6.45, 7) is 1.94. The molecule has 2 aromatic rings. The van der Waals surface area contributed by atoms with Crippen LogP contribution < -0.4 is 9.47 Å². The van der Waals surface area contributed by atoms with Crippen molar-refractivity contribution in [3.05, 3.63) is 29.5 Å². The van der Waals surface area contributed by atoms with E-state index in [9.17, 15) is 5.11 Å². The topological polar surface area (TPSA) is 64.7 Å². The van der Waals surface area contributed by atoms with Crippen LogP contribution in [0.3, 0.4) is 0 Å². The van der Waals surface area contributed by atoms with E-state index in [1.165, 1.54) is 0 Å². The quantitative estimate of drug-likeness (QED) is 0.857. The van der Waals surface area contributed by atoms with E-state index >= 15 is 0 Å². The Labute approximate surface area is 97.6 Å². The maximum Gasteiger partial charge on any atom is 0.231 e. The second-order valence-corrected chi connectivity index (χ2v) is 3.80. The highest BCUT2D eigenvalue weighted by molar-refractivity contribution is 5.66. The van der Waals surface area contributed by atoms with Crippen LogP contribution in [0.4, 0.5) is 0 Å². The second kappa shape index (κ2) is 3.78. The van der Waals surface area contributed by atoms with E-state index in [0.29, 0.717) is 22.8 Å². The van der Waals surface area contributed by atoms with Gasteiger partial charge in [0.1, 0.15) is 0 Å². The summed E-state index contributed by atoms with van der Waals surface area (Å²) in [4.78, 5) is 0. The summed E-state index contributed by atoms with van der Waals surface area (Å²) in [7, 11) is 0. The molecule has 1 N–H and O–H groups in total. The summed E-state index contributed by atoms with van der Waals surface area (Å²) >= 11 is 0. The number of hydrogen-bond donors (Lipinski definition) is 1. The van der Waals surface area contributed by atoms with E-state index < -0.39 is 0 Å². The van der Waals surface area contributed by atoms with Gasteiger partial charge in [0.2, 0.25) is 6.79 Å². The van der Waals surface area contributed by atoms with E-state index in [0.717, 1.165) is 11.3 Å². The minimum atomic E-state index is -0.0981. The first-order chi connectivity index (χ1) is 8.29. The highest BCUT2D eigenvalue weighted by Crippen LogP contribution is 2.37. The zero-order valence-electron chi connectivity index (χ0n) is 9.27. The lowest BCUT2D eigenvalue weighted by Crippen LogP contribution is -1.92. The molecule has 0 atom stereocenters. The molecule has 2 heterocycles. The van der Waals surface area contributed by atoms with Gasteiger partial charge in [0.05, 0.1) is 12.3 Å². The van der Waals surface area contributed by atoms with Crippen molar-refractivity contribution in [1.82, 2.24) is 5.16 Å². The van der Waals surface area contributed by atoms with Gasteiger partial charge in [0, 0.05) is 11.1 Å². The molecule has 0 fully saturated rings. The van der Waals surface area contributed by atoms with Crippen LogP contribution >= 0.6 is 0 Å². The number of aliphatic hydroxyl groups is 1. The normalized spacial score (nSPS) is 13.1. The SMILES string of the molecule is Cc1noc(-c2ccc3c(c2)OCO3)c1CO. The van der Waals surface area contributed by atoms with Crippen LogP contribution in [0.15, 0.2) is 22.7 Å². The average molecular weight is 233 g/mol. The van der Waals surface area contributed by atoms with Crippen LogP contribution in [0, 0.1) is 6.92 Å². The largest absolute Gasteiger partial charge is 0.454 e. The van der Waals surface area contributed by atoms with Gasteiger partial charge >= 0.3 is 0 Å². The number of nitrogens with zero attached hydrogens (tertiary/aromatic N) is 1. The number of aliphatic hydroxyl groups excluding tert-OH is 1. The summed E-state index contributed by atoms with van der Waals surface area (Å²) in [5.41, 5.74) is 2.21. The number of aryl methyl sites for hydroxylation is 1. The van der Waals surface area contributed by atoms with E-state index in [1.807, 2.05) is 18.2 Å². The molecule has 1 aliphatic rings. The molecule has 1 aromatic heterocycles. The number of ether oxygens (including phenoxy) is 2. The fraction of sp³-hybridized carbons (Fsp3) is 0.250. The van der Waals surface area contributed by atoms with Crippen LogP contribution in [0.2, 0.25) is 0 Å². The third-order valence-electron chi connectivity index (χ3n) is 2.78. The van der Waals surface area contributed by atoms with Crippen molar-refractivity contribution in [2.75, 3.05) is 6.79 Å². The van der Waals surface area contributed by atoms with Gasteiger partial charge in [0.25, 0.3) is 0 Å². The van der Waals surface area contributed by atoms with E-state index in [4.69, 9.17) is 14.0 Å². The monoisotopic (exact) mass is 233 g/mol. The van der Waals surface area contributed by atoms with Crippen LogP contribution in [0.25, 0.3) is 11.3 Å². The van der Waals surface area contributed by atoms with E-state index in [2.05, 4.69) is 5.16 Å². The number of benzene rings is 1. The molecule has 88 valence electrons. The number of fused-ring (bicyclic) bond motifs is 1. The Morgan fingerprint density at radius 1 is 1.29 bits per heavy atom. The number of rotatable bonds is 2. The zero-order valence-corrected chi connectivity index (χ0v) is 9.27. The number of aromatic nitrogens is 1. The van der Waals surface area contributed by atoms with Crippen molar-refractivity contribution >= 4 is 0 Å². The molecule has 1 aliphatic heterocycles. The molecule has 3 rings (SSSR count). The Hall–Kier alpha value is -2.01. The zero-order chi connectivity index (χ0) is 11.8. The van der Waals surface area contributed by atoms with Crippen molar-refractivity contribution in [2.24, 2.45) is 0 Å². The maximum absolute atomic E-state index is 9.29.